The van der Waals surface area contributed by atoms with Crippen molar-refractivity contribution in [3.05, 3.63) is 11.6 Å². The van der Waals surface area contributed by atoms with Crippen molar-refractivity contribution >= 4 is 0 Å². The maximum absolute atomic E-state index is 5.86. The normalized spacial score (nSPS) is 13.6. The van der Waals surface area contributed by atoms with Crippen LogP contribution in [0.4, 0.5) is 0 Å². The van der Waals surface area contributed by atoms with Gasteiger partial charge in [0.05, 0.1) is 6.04 Å². The highest BCUT2D eigenvalue weighted by Gasteiger charge is 2.15. The lowest BCUT2D eigenvalue weighted by molar-refractivity contribution is 0.178. The molecule has 1 unspecified atom stereocenters. The van der Waals surface area contributed by atoms with E-state index < -0.39 is 0 Å². The molecule has 0 aromatic carbocycles. The third-order valence-electron chi connectivity index (χ3n) is 1.85. The van der Waals surface area contributed by atoms with Crippen LogP contribution in [0, 0.1) is 5.92 Å². The lowest BCUT2D eigenvalue weighted by atomic mass is 10.1. The summed E-state index contributed by atoms with van der Waals surface area (Å²) in [5.41, 5.74) is 5.86. The molecule has 1 aromatic heterocycles. The molecule has 0 radical (unpaired) electrons. The van der Waals surface area contributed by atoms with Gasteiger partial charge in [-0.3, -0.25) is 5.10 Å². The van der Waals surface area contributed by atoms with Gasteiger partial charge in [0, 0.05) is 7.11 Å². The van der Waals surface area contributed by atoms with Crippen molar-refractivity contribution in [3.8, 4) is 0 Å². The molecule has 0 spiro atoms. The minimum atomic E-state index is -0.109. The van der Waals surface area contributed by atoms with Crippen LogP contribution in [0.1, 0.15) is 31.5 Å². The molecule has 1 rings (SSSR count). The second kappa shape index (κ2) is 4.34. The molecular weight excluding hydrogens is 168 g/mol. The Labute approximate surface area is 77.7 Å². The van der Waals surface area contributed by atoms with E-state index in [-0.39, 0.29) is 6.04 Å². The fourth-order valence-electron chi connectivity index (χ4n) is 0.959. The summed E-state index contributed by atoms with van der Waals surface area (Å²) in [6.45, 7) is 4.52. The van der Waals surface area contributed by atoms with Crippen molar-refractivity contribution in [1.29, 1.82) is 0 Å². The Morgan fingerprint density at radius 1 is 1.54 bits per heavy atom. The Morgan fingerprint density at radius 3 is 2.77 bits per heavy atom. The fraction of sp³-hybridized carbons (Fsp3) is 0.750. The van der Waals surface area contributed by atoms with E-state index in [9.17, 15) is 0 Å². The number of hydrogen-bond acceptors (Lipinski definition) is 4. The number of aromatic nitrogens is 3. The summed E-state index contributed by atoms with van der Waals surface area (Å²) in [4.78, 5) is 4.20. The first-order valence-corrected chi connectivity index (χ1v) is 4.30. The fourth-order valence-corrected chi connectivity index (χ4v) is 0.959. The highest BCUT2D eigenvalue weighted by Crippen LogP contribution is 2.14. The average Bonchev–Trinajstić information content (AvgIpc) is 2.52. The van der Waals surface area contributed by atoms with Crippen molar-refractivity contribution in [2.75, 3.05) is 7.11 Å². The summed E-state index contributed by atoms with van der Waals surface area (Å²) in [6, 6.07) is -0.109. The Morgan fingerprint density at radius 2 is 2.23 bits per heavy atom. The van der Waals surface area contributed by atoms with E-state index in [2.05, 4.69) is 15.2 Å². The molecule has 0 aliphatic heterocycles. The van der Waals surface area contributed by atoms with E-state index in [0.717, 1.165) is 0 Å². The average molecular weight is 184 g/mol. The smallest absolute Gasteiger partial charge is 0.167 e. The van der Waals surface area contributed by atoms with Crippen molar-refractivity contribution in [1.82, 2.24) is 15.2 Å². The number of nitrogens with one attached hydrogen (secondary N) is 1. The summed E-state index contributed by atoms with van der Waals surface area (Å²) >= 11 is 0. The van der Waals surface area contributed by atoms with Gasteiger partial charge in [0.25, 0.3) is 0 Å². The van der Waals surface area contributed by atoms with Crippen LogP contribution in [0.3, 0.4) is 0 Å². The van der Waals surface area contributed by atoms with Gasteiger partial charge in [-0.05, 0) is 5.92 Å². The quantitative estimate of drug-likeness (QED) is 0.718. The van der Waals surface area contributed by atoms with Crippen LogP contribution in [0.2, 0.25) is 0 Å². The van der Waals surface area contributed by atoms with Gasteiger partial charge in [-0.15, -0.1) is 0 Å². The zero-order chi connectivity index (χ0) is 9.84. The zero-order valence-corrected chi connectivity index (χ0v) is 8.24. The van der Waals surface area contributed by atoms with E-state index in [1.54, 1.807) is 7.11 Å². The molecule has 0 saturated heterocycles. The number of ether oxygens (including phenoxy) is 1. The molecule has 5 nitrogen and oxygen atoms in total. The summed E-state index contributed by atoms with van der Waals surface area (Å²) in [5, 5.41) is 6.79. The number of aromatic amines is 1. The predicted molar refractivity (Wildman–Crippen MR) is 48.9 cm³/mol. The molecular formula is C8H16N4O. The van der Waals surface area contributed by atoms with Gasteiger partial charge in [-0.1, -0.05) is 13.8 Å². The Balaban J connectivity index is 2.67. The van der Waals surface area contributed by atoms with E-state index in [1.165, 1.54) is 0 Å². The summed E-state index contributed by atoms with van der Waals surface area (Å²) < 4.78 is 4.91. The number of rotatable bonds is 4. The monoisotopic (exact) mass is 184 g/mol. The second-order valence-electron chi connectivity index (χ2n) is 3.34. The highest BCUT2D eigenvalue weighted by molar-refractivity contribution is 4.95. The Bertz CT molecular complexity index is 258. The minimum Gasteiger partial charge on any atom is -0.377 e. The third kappa shape index (κ3) is 2.50. The van der Waals surface area contributed by atoms with E-state index >= 15 is 0 Å². The van der Waals surface area contributed by atoms with Crippen molar-refractivity contribution in [2.24, 2.45) is 11.7 Å². The molecule has 0 saturated carbocycles. The van der Waals surface area contributed by atoms with Crippen LogP contribution < -0.4 is 5.73 Å². The van der Waals surface area contributed by atoms with E-state index in [0.29, 0.717) is 24.2 Å². The predicted octanol–water partition coefficient (Wildman–Crippen LogP) is 0.607. The van der Waals surface area contributed by atoms with Crippen LogP contribution in [-0.2, 0) is 11.3 Å². The van der Waals surface area contributed by atoms with E-state index in [1.807, 2.05) is 13.8 Å². The van der Waals surface area contributed by atoms with Gasteiger partial charge in [0.15, 0.2) is 11.6 Å². The SMILES string of the molecule is COCc1nc(C(N)C(C)C)n[nH]1. The largest absolute Gasteiger partial charge is 0.377 e. The second-order valence-corrected chi connectivity index (χ2v) is 3.34. The summed E-state index contributed by atoms with van der Waals surface area (Å²) in [7, 11) is 1.62. The van der Waals surface area contributed by atoms with Crippen LogP contribution in [0.25, 0.3) is 0 Å². The summed E-state index contributed by atoms with van der Waals surface area (Å²) in [6.07, 6.45) is 0. The minimum absolute atomic E-state index is 0.109. The number of methoxy groups -OCH3 is 1. The van der Waals surface area contributed by atoms with Gasteiger partial charge in [-0.25, -0.2) is 4.98 Å². The molecule has 1 aromatic rings. The van der Waals surface area contributed by atoms with Crippen molar-refractivity contribution in [3.63, 3.8) is 0 Å². The van der Waals surface area contributed by atoms with Crippen LogP contribution >= 0.6 is 0 Å². The molecule has 0 fully saturated rings. The summed E-state index contributed by atoms with van der Waals surface area (Å²) in [5.74, 6) is 1.71. The van der Waals surface area contributed by atoms with Gasteiger partial charge >= 0.3 is 0 Å². The maximum Gasteiger partial charge on any atom is 0.167 e. The molecule has 3 N–H and O–H groups in total. The van der Waals surface area contributed by atoms with Gasteiger partial charge in [0.2, 0.25) is 0 Å². The number of hydrogen-bond donors (Lipinski definition) is 2. The molecule has 0 amide bonds. The lowest BCUT2D eigenvalue weighted by Gasteiger charge is -2.10. The van der Waals surface area contributed by atoms with Crippen molar-refractivity contribution < 1.29 is 4.74 Å². The van der Waals surface area contributed by atoms with Gasteiger partial charge in [0.1, 0.15) is 6.61 Å². The zero-order valence-electron chi connectivity index (χ0n) is 8.24. The molecule has 0 bridgehead atoms. The van der Waals surface area contributed by atoms with E-state index in [4.69, 9.17) is 10.5 Å². The Kier molecular flexibility index (Phi) is 3.39. The van der Waals surface area contributed by atoms with Gasteiger partial charge in [-0.2, -0.15) is 5.10 Å². The Hall–Kier alpha value is -0.940. The molecule has 13 heavy (non-hydrogen) atoms. The number of H-pyrrole nitrogens is 1. The third-order valence-corrected chi connectivity index (χ3v) is 1.85. The molecule has 0 aliphatic rings. The molecule has 74 valence electrons. The topological polar surface area (TPSA) is 76.8 Å². The van der Waals surface area contributed by atoms with Crippen LogP contribution in [0.5, 0.6) is 0 Å². The van der Waals surface area contributed by atoms with Crippen LogP contribution in [0.15, 0.2) is 0 Å². The first-order valence-electron chi connectivity index (χ1n) is 4.30. The van der Waals surface area contributed by atoms with Gasteiger partial charge < -0.3 is 10.5 Å². The standard InChI is InChI=1S/C8H16N4O/c1-5(2)7(9)8-10-6(4-13-3)11-12-8/h5,7H,4,9H2,1-3H3,(H,10,11,12). The first kappa shape index (κ1) is 10.1. The molecule has 5 heteroatoms. The first-order chi connectivity index (χ1) is 6.15. The number of nitrogens with zero attached hydrogens (tertiary/aromatic N) is 2. The number of nitrogens with two attached hydrogens (primary N) is 1. The van der Waals surface area contributed by atoms with Crippen LogP contribution in [-0.4, -0.2) is 22.3 Å². The lowest BCUT2D eigenvalue weighted by Crippen LogP contribution is -2.18. The molecule has 1 heterocycles. The van der Waals surface area contributed by atoms with Crippen molar-refractivity contribution in [2.45, 2.75) is 26.5 Å². The highest BCUT2D eigenvalue weighted by atomic mass is 16.5. The molecule has 0 aliphatic carbocycles. The maximum atomic E-state index is 5.86. The molecule has 1 atom stereocenters.